The number of carbonyl (C=O) groups excluding carboxylic acids is 1. The van der Waals surface area contributed by atoms with Crippen molar-refractivity contribution in [2.75, 3.05) is 13.7 Å². The Morgan fingerprint density at radius 2 is 2.11 bits per heavy atom. The highest BCUT2D eigenvalue weighted by molar-refractivity contribution is 7.80. The van der Waals surface area contributed by atoms with E-state index in [9.17, 15) is 4.79 Å². The summed E-state index contributed by atoms with van der Waals surface area (Å²) in [5.41, 5.74) is 6.04. The molecule has 1 aromatic carbocycles. The molecule has 0 aliphatic heterocycles. The number of amides is 1. The van der Waals surface area contributed by atoms with E-state index in [4.69, 9.17) is 27.4 Å². The molecule has 7 heteroatoms. The summed E-state index contributed by atoms with van der Waals surface area (Å²) in [6, 6.07) is 7.45. The van der Waals surface area contributed by atoms with E-state index in [2.05, 4.69) is 0 Å². The third kappa shape index (κ3) is 3.52. The minimum atomic E-state index is -0.526. The van der Waals surface area contributed by atoms with E-state index < -0.39 is 5.91 Å². The summed E-state index contributed by atoms with van der Waals surface area (Å²) in [6.45, 7) is -0.174. The molecule has 1 amide bonds. The third-order valence-electron chi connectivity index (χ3n) is 2.28. The lowest BCUT2D eigenvalue weighted by Gasteiger charge is -2.10. The molecule has 0 atom stereocenters. The monoisotopic (exact) mass is 313 g/mol. The zero-order chi connectivity index (χ0) is 13.8. The van der Waals surface area contributed by atoms with Gasteiger partial charge in [-0.2, -0.15) is 0 Å². The SMILES string of the molecule is COc1cc(-c2cc(=S)ss2)ccc1OCC(N)=O. The Bertz CT molecular complexity index is 648. The molecular weight excluding hydrogens is 302 g/mol. The first-order valence-electron chi connectivity index (χ1n) is 5.30. The van der Waals surface area contributed by atoms with Gasteiger partial charge in [0.25, 0.3) is 5.91 Å². The van der Waals surface area contributed by atoms with Gasteiger partial charge >= 0.3 is 0 Å². The molecular formula is C12H11NO3S3. The van der Waals surface area contributed by atoms with Crippen molar-refractivity contribution in [3.05, 3.63) is 28.1 Å². The predicted molar refractivity (Wildman–Crippen MR) is 79.7 cm³/mol. The van der Waals surface area contributed by atoms with Crippen LogP contribution in [0.2, 0.25) is 0 Å². The largest absolute Gasteiger partial charge is 0.493 e. The van der Waals surface area contributed by atoms with Gasteiger partial charge in [0, 0.05) is 4.88 Å². The van der Waals surface area contributed by atoms with E-state index in [-0.39, 0.29) is 6.61 Å². The third-order valence-corrected chi connectivity index (χ3v) is 5.19. The molecule has 0 radical (unpaired) electrons. The standard InChI is InChI=1S/C12H11NO3S3/c1-15-9-4-7(10-5-12(17)19-18-10)2-3-8(9)16-6-11(13)14/h2-5H,6H2,1H3,(H2,13,14). The predicted octanol–water partition coefficient (Wildman–Crippen LogP) is 3.08. The summed E-state index contributed by atoms with van der Waals surface area (Å²) in [4.78, 5) is 11.8. The number of primary amides is 1. The summed E-state index contributed by atoms with van der Waals surface area (Å²) in [7, 11) is 4.71. The number of rotatable bonds is 5. The highest BCUT2D eigenvalue weighted by Crippen LogP contribution is 2.35. The molecule has 19 heavy (non-hydrogen) atoms. The van der Waals surface area contributed by atoms with Gasteiger partial charge in [-0.1, -0.05) is 32.9 Å². The van der Waals surface area contributed by atoms with Crippen LogP contribution < -0.4 is 15.2 Å². The van der Waals surface area contributed by atoms with E-state index >= 15 is 0 Å². The molecule has 0 bridgehead atoms. The van der Waals surface area contributed by atoms with Gasteiger partial charge in [-0.3, -0.25) is 4.79 Å². The second-order valence-corrected chi connectivity index (χ2v) is 6.53. The molecule has 2 rings (SSSR count). The number of carbonyl (C=O) groups is 1. The van der Waals surface area contributed by atoms with Crippen molar-refractivity contribution >= 4 is 38.8 Å². The lowest BCUT2D eigenvalue weighted by Crippen LogP contribution is -2.20. The number of ether oxygens (including phenoxy) is 2. The van der Waals surface area contributed by atoms with Gasteiger partial charge in [0.1, 0.15) is 3.82 Å². The number of benzene rings is 1. The van der Waals surface area contributed by atoms with E-state index in [1.807, 2.05) is 18.2 Å². The zero-order valence-corrected chi connectivity index (χ0v) is 12.5. The highest BCUT2D eigenvalue weighted by atomic mass is 32.9. The molecule has 4 nitrogen and oxygen atoms in total. The van der Waals surface area contributed by atoms with Crippen LogP contribution >= 0.6 is 32.9 Å². The zero-order valence-electron chi connectivity index (χ0n) is 10.0. The summed E-state index contributed by atoms with van der Waals surface area (Å²) < 4.78 is 11.4. The van der Waals surface area contributed by atoms with Crippen LogP contribution in [-0.4, -0.2) is 19.6 Å². The Kier molecular flexibility index (Phi) is 4.52. The molecule has 0 saturated carbocycles. The molecule has 100 valence electrons. The average Bonchev–Trinajstić information content (AvgIpc) is 2.82. The van der Waals surface area contributed by atoms with Crippen LogP contribution in [-0.2, 0) is 4.79 Å². The minimum Gasteiger partial charge on any atom is -0.493 e. The first-order valence-corrected chi connectivity index (χ1v) is 7.85. The number of hydrogen-bond donors (Lipinski definition) is 1. The van der Waals surface area contributed by atoms with Gasteiger partial charge in [0.2, 0.25) is 0 Å². The first-order chi connectivity index (χ1) is 9.10. The van der Waals surface area contributed by atoms with Crippen molar-refractivity contribution < 1.29 is 14.3 Å². The van der Waals surface area contributed by atoms with Crippen LogP contribution in [0.5, 0.6) is 11.5 Å². The fraction of sp³-hybridized carbons (Fsp3) is 0.167. The first kappa shape index (κ1) is 14.0. The van der Waals surface area contributed by atoms with Crippen LogP contribution in [0.4, 0.5) is 0 Å². The Morgan fingerprint density at radius 3 is 2.68 bits per heavy atom. The molecule has 2 N–H and O–H groups in total. The van der Waals surface area contributed by atoms with Crippen LogP contribution in [0, 0.1) is 3.82 Å². The average molecular weight is 313 g/mol. The molecule has 1 heterocycles. The molecule has 0 spiro atoms. The quantitative estimate of drug-likeness (QED) is 0.680. The van der Waals surface area contributed by atoms with Crippen LogP contribution in [0.1, 0.15) is 0 Å². The summed E-state index contributed by atoms with van der Waals surface area (Å²) in [6.07, 6.45) is 0. The lowest BCUT2D eigenvalue weighted by atomic mass is 10.1. The van der Waals surface area contributed by atoms with E-state index in [0.29, 0.717) is 11.5 Å². The fourth-order valence-corrected chi connectivity index (χ4v) is 3.85. The second-order valence-electron chi connectivity index (χ2n) is 3.61. The summed E-state index contributed by atoms with van der Waals surface area (Å²) in [5, 5.41) is 0. The molecule has 0 fully saturated rings. The van der Waals surface area contributed by atoms with E-state index in [1.54, 1.807) is 33.9 Å². The van der Waals surface area contributed by atoms with Gasteiger partial charge in [0.15, 0.2) is 18.1 Å². The Labute approximate surface area is 122 Å². The molecule has 1 aromatic heterocycles. The second kappa shape index (κ2) is 6.14. The van der Waals surface area contributed by atoms with Crippen LogP contribution in [0.15, 0.2) is 24.3 Å². The van der Waals surface area contributed by atoms with Gasteiger partial charge in [-0.25, -0.2) is 0 Å². The van der Waals surface area contributed by atoms with Gasteiger partial charge < -0.3 is 15.2 Å². The van der Waals surface area contributed by atoms with Crippen molar-refractivity contribution in [3.8, 4) is 21.9 Å². The maximum atomic E-state index is 10.7. The van der Waals surface area contributed by atoms with Crippen molar-refractivity contribution in [2.45, 2.75) is 0 Å². The molecule has 0 aliphatic rings. The Hall–Kier alpha value is -1.44. The molecule has 0 unspecified atom stereocenters. The number of methoxy groups -OCH3 is 1. The van der Waals surface area contributed by atoms with Crippen molar-refractivity contribution in [2.24, 2.45) is 5.73 Å². The number of hydrogen-bond acceptors (Lipinski definition) is 6. The van der Waals surface area contributed by atoms with Gasteiger partial charge in [0.05, 0.1) is 7.11 Å². The van der Waals surface area contributed by atoms with E-state index in [1.165, 1.54) is 0 Å². The fourth-order valence-electron chi connectivity index (χ4n) is 1.46. The van der Waals surface area contributed by atoms with Crippen molar-refractivity contribution in [1.29, 1.82) is 0 Å². The summed E-state index contributed by atoms with van der Waals surface area (Å²) >= 11 is 5.11. The maximum absolute atomic E-state index is 10.7. The molecule has 0 aliphatic carbocycles. The smallest absolute Gasteiger partial charge is 0.255 e. The highest BCUT2D eigenvalue weighted by Gasteiger charge is 2.09. The topological polar surface area (TPSA) is 61.6 Å². The number of nitrogens with two attached hydrogens (primary N) is 1. The molecule has 2 aromatic rings. The Morgan fingerprint density at radius 1 is 1.32 bits per heavy atom. The van der Waals surface area contributed by atoms with Crippen molar-refractivity contribution in [3.63, 3.8) is 0 Å². The minimum absolute atomic E-state index is 0.174. The Balaban J connectivity index is 2.30. The van der Waals surface area contributed by atoms with Crippen LogP contribution in [0.25, 0.3) is 10.4 Å². The lowest BCUT2D eigenvalue weighted by molar-refractivity contribution is -0.119. The van der Waals surface area contributed by atoms with Crippen molar-refractivity contribution in [1.82, 2.24) is 0 Å². The molecule has 0 saturated heterocycles. The summed E-state index contributed by atoms with van der Waals surface area (Å²) in [5.74, 6) is 0.522. The normalized spacial score (nSPS) is 10.2. The van der Waals surface area contributed by atoms with Gasteiger partial charge in [-0.15, -0.1) is 0 Å². The maximum Gasteiger partial charge on any atom is 0.255 e. The van der Waals surface area contributed by atoms with Crippen LogP contribution in [0.3, 0.4) is 0 Å². The van der Waals surface area contributed by atoms with E-state index in [0.717, 1.165) is 14.3 Å². The van der Waals surface area contributed by atoms with Gasteiger partial charge in [-0.05, 0) is 29.8 Å².